The predicted molar refractivity (Wildman–Crippen MR) is 76.2 cm³/mol. The van der Waals surface area contributed by atoms with Crippen LogP contribution in [0.3, 0.4) is 0 Å². The third-order valence-corrected chi connectivity index (χ3v) is 4.14. The summed E-state index contributed by atoms with van der Waals surface area (Å²) in [4.78, 5) is 12.0. The molecule has 1 amide bonds. The van der Waals surface area contributed by atoms with E-state index in [1.807, 2.05) is 0 Å². The van der Waals surface area contributed by atoms with Crippen LogP contribution in [0.1, 0.15) is 66.2 Å². The van der Waals surface area contributed by atoms with Crippen molar-refractivity contribution in [2.45, 2.75) is 78.3 Å². The number of carbonyl (C=O) groups excluding carboxylic acids is 1. The summed E-state index contributed by atoms with van der Waals surface area (Å²) in [7, 11) is 0. The summed E-state index contributed by atoms with van der Waals surface area (Å²) in [5.74, 6) is 0.613. The van der Waals surface area contributed by atoms with Crippen molar-refractivity contribution in [3.05, 3.63) is 0 Å². The standard InChI is InChI=1S/C15H30N2O/c1-5-8-12(16)14(18)17-13-10-7-6-9-11(13)15(2,3)4/h11-13H,5-10,16H2,1-4H3,(H,17,18)/t11?,12-,13?/m0/s1. The van der Waals surface area contributed by atoms with Crippen LogP contribution in [0, 0.1) is 11.3 Å². The second kappa shape index (κ2) is 6.55. The molecule has 1 rings (SSSR count). The van der Waals surface area contributed by atoms with Gasteiger partial charge in [0.1, 0.15) is 0 Å². The minimum Gasteiger partial charge on any atom is -0.352 e. The first-order valence-electron chi connectivity index (χ1n) is 7.42. The maximum absolute atomic E-state index is 12.0. The SMILES string of the molecule is CCC[C@H](N)C(=O)NC1CCCCC1C(C)(C)C. The topological polar surface area (TPSA) is 55.1 Å². The van der Waals surface area contributed by atoms with E-state index in [0.29, 0.717) is 12.0 Å². The Labute approximate surface area is 112 Å². The zero-order valence-electron chi connectivity index (χ0n) is 12.5. The molecule has 1 aliphatic rings. The van der Waals surface area contributed by atoms with Crippen LogP contribution in [0.25, 0.3) is 0 Å². The van der Waals surface area contributed by atoms with Crippen molar-refractivity contribution in [3.8, 4) is 0 Å². The van der Waals surface area contributed by atoms with Gasteiger partial charge in [0.25, 0.3) is 0 Å². The summed E-state index contributed by atoms with van der Waals surface area (Å²) in [6, 6.07) is -0.0216. The first kappa shape index (κ1) is 15.5. The van der Waals surface area contributed by atoms with E-state index in [2.05, 4.69) is 33.0 Å². The number of hydrogen-bond donors (Lipinski definition) is 2. The van der Waals surface area contributed by atoms with E-state index in [1.54, 1.807) is 0 Å². The van der Waals surface area contributed by atoms with Gasteiger partial charge in [-0.1, -0.05) is 47.0 Å². The highest BCUT2D eigenvalue weighted by Crippen LogP contribution is 2.37. The van der Waals surface area contributed by atoms with Crippen molar-refractivity contribution in [2.24, 2.45) is 17.1 Å². The Morgan fingerprint density at radius 1 is 1.33 bits per heavy atom. The molecule has 0 aromatic carbocycles. The zero-order chi connectivity index (χ0) is 13.8. The van der Waals surface area contributed by atoms with Crippen molar-refractivity contribution >= 4 is 5.91 Å². The molecule has 3 N–H and O–H groups in total. The van der Waals surface area contributed by atoms with Crippen LogP contribution in [0.15, 0.2) is 0 Å². The Morgan fingerprint density at radius 2 is 1.94 bits per heavy atom. The molecule has 0 aliphatic heterocycles. The van der Waals surface area contributed by atoms with Crippen molar-refractivity contribution < 1.29 is 4.79 Å². The fourth-order valence-electron chi connectivity index (χ4n) is 3.07. The Morgan fingerprint density at radius 3 is 2.50 bits per heavy atom. The summed E-state index contributed by atoms with van der Waals surface area (Å²) in [6.07, 6.45) is 6.57. The lowest BCUT2D eigenvalue weighted by Crippen LogP contribution is -2.51. The molecule has 2 unspecified atom stereocenters. The molecule has 0 bridgehead atoms. The molecular formula is C15H30N2O. The first-order valence-corrected chi connectivity index (χ1v) is 7.42. The number of hydrogen-bond acceptors (Lipinski definition) is 2. The van der Waals surface area contributed by atoms with Gasteiger partial charge in [0.15, 0.2) is 0 Å². The zero-order valence-corrected chi connectivity index (χ0v) is 12.5. The third-order valence-electron chi connectivity index (χ3n) is 4.14. The molecule has 0 aromatic rings. The average Bonchev–Trinajstić information content (AvgIpc) is 2.28. The first-order chi connectivity index (χ1) is 8.36. The largest absolute Gasteiger partial charge is 0.352 e. The highest BCUT2D eigenvalue weighted by atomic mass is 16.2. The molecule has 0 spiro atoms. The second-order valence-corrected chi connectivity index (χ2v) is 6.77. The van der Waals surface area contributed by atoms with E-state index in [-0.39, 0.29) is 17.4 Å². The lowest BCUT2D eigenvalue weighted by Gasteiger charge is -2.41. The molecule has 0 heterocycles. The monoisotopic (exact) mass is 254 g/mol. The van der Waals surface area contributed by atoms with E-state index < -0.39 is 0 Å². The Kier molecular flexibility index (Phi) is 5.64. The fourth-order valence-corrected chi connectivity index (χ4v) is 3.07. The maximum Gasteiger partial charge on any atom is 0.237 e. The number of amides is 1. The summed E-state index contributed by atoms with van der Waals surface area (Å²) in [6.45, 7) is 8.88. The van der Waals surface area contributed by atoms with Crippen LogP contribution in [0.2, 0.25) is 0 Å². The van der Waals surface area contributed by atoms with Gasteiger partial charge in [-0.15, -0.1) is 0 Å². The minimum absolute atomic E-state index is 0.0398. The van der Waals surface area contributed by atoms with Gasteiger partial charge in [0.2, 0.25) is 5.91 Å². The molecule has 0 saturated heterocycles. The highest BCUT2D eigenvalue weighted by molar-refractivity contribution is 5.81. The van der Waals surface area contributed by atoms with Crippen LogP contribution < -0.4 is 11.1 Å². The highest BCUT2D eigenvalue weighted by Gasteiger charge is 2.35. The summed E-state index contributed by atoms with van der Waals surface area (Å²) >= 11 is 0. The second-order valence-electron chi connectivity index (χ2n) is 6.77. The van der Waals surface area contributed by atoms with Crippen LogP contribution in [-0.4, -0.2) is 18.0 Å². The summed E-state index contributed by atoms with van der Waals surface area (Å²) in [5.41, 5.74) is 6.14. The van der Waals surface area contributed by atoms with E-state index in [4.69, 9.17) is 5.73 Å². The van der Waals surface area contributed by atoms with Gasteiger partial charge < -0.3 is 11.1 Å². The summed E-state index contributed by atoms with van der Waals surface area (Å²) < 4.78 is 0. The van der Waals surface area contributed by atoms with Gasteiger partial charge in [-0.25, -0.2) is 0 Å². The lowest BCUT2D eigenvalue weighted by molar-refractivity contribution is -0.124. The number of nitrogens with one attached hydrogen (secondary N) is 1. The molecular weight excluding hydrogens is 224 g/mol. The number of rotatable bonds is 4. The van der Waals surface area contributed by atoms with Crippen LogP contribution in [0.5, 0.6) is 0 Å². The predicted octanol–water partition coefficient (Wildman–Crippen LogP) is 2.83. The van der Waals surface area contributed by atoms with Crippen LogP contribution >= 0.6 is 0 Å². The molecule has 1 aliphatic carbocycles. The smallest absolute Gasteiger partial charge is 0.237 e. The van der Waals surface area contributed by atoms with Gasteiger partial charge in [-0.2, -0.15) is 0 Å². The van der Waals surface area contributed by atoms with Gasteiger partial charge in [-0.3, -0.25) is 4.79 Å². The lowest BCUT2D eigenvalue weighted by atomic mass is 9.69. The number of carbonyl (C=O) groups is 1. The average molecular weight is 254 g/mol. The Hall–Kier alpha value is -0.570. The minimum atomic E-state index is -0.336. The van der Waals surface area contributed by atoms with E-state index in [9.17, 15) is 4.79 Å². The van der Waals surface area contributed by atoms with E-state index >= 15 is 0 Å². The Balaban J connectivity index is 2.60. The third kappa shape index (κ3) is 4.27. The molecule has 3 nitrogen and oxygen atoms in total. The fraction of sp³-hybridized carbons (Fsp3) is 0.933. The molecule has 106 valence electrons. The van der Waals surface area contributed by atoms with Gasteiger partial charge in [-0.05, 0) is 30.6 Å². The van der Waals surface area contributed by atoms with Crippen LogP contribution in [0.4, 0.5) is 0 Å². The molecule has 0 aromatic heterocycles. The molecule has 18 heavy (non-hydrogen) atoms. The quantitative estimate of drug-likeness (QED) is 0.810. The van der Waals surface area contributed by atoms with E-state index in [1.165, 1.54) is 19.3 Å². The molecule has 1 saturated carbocycles. The van der Waals surface area contributed by atoms with Gasteiger partial charge >= 0.3 is 0 Å². The van der Waals surface area contributed by atoms with Crippen molar-refractivity contribution in [1.29, 1.82) is 0 Å². The number of nitrogens with two attached hydrogens (primary N) is 1. The summed E-state index contributed by atoms with van der Waals surface area (Å²) in [5, 5.41) is 3.20. The molecule has 3 heteroatoms. The molecule has 1 fully saturated rings. The molecule has 3 atom stereocenters. The van der Waals surface area contributed by atoms with Crippen molar-refractivity contribution in [1.82, 2.24) is 5.32 Å². The van der Waals surface area contributed by atoms with Gasteiger partial charge in [0, 0.05) is 6.04 Å². The normalized spacial score (nSPS) is 26.7. The van der Waals surface area contributed by atoms with E-state index in [0.717, 1.165) is 19.3 Å². The maximum atomic E-state index is 12.0. The van der Waals surface area contributed by atoms with Gasteiger partial charge in [0.05, 0.1) is 6.04 Å². The van der Waals surface area contributed by atoms with Crippen LogP contribution in [-0.2, 0) is 4.79 Å². The van der Waals surface area contributed by atoms with Crippen molar-refractivity contribution in [2.75, 3.05) is 0 Å². The molecule has 0 radical (unpaired) electrons. The van der Waals surface area contributed by atoms with Crippen molar-refractivity contribution in [3.63, 3.8) is 0 Å². The Bertz CT molecular complexity index is 270.